The van der Waals surface area contributed by atoms with Crippen LogP contribution in [0.4, 0.5) is 5.13 Å². The Morgan fingerprint density at radius 3 is 2.72 bits per heavy atom. The van der Waals surface area contributed by atoms with Gasteiger partial charge in [-0.25, -0.2) is 4.98 Å². The number of nitrogens with one attached hydrogen (secondary N) is 1. The predicted octanol–water partition coefficient (Wildman–Crippen LogP) is 4.62. The number of hydrogen-bond donors (Lipinski definition) is 1. The largest absolute Gasteiger partial charge is 0.298 e. The summed E-state index contributed by atoms with van der Waals surface area (Å²) in [7, 11) is 0. The Hall–Kier alpha value is -2.47. The third-order valence-corrected chi connectivity index (χ3v) is 4.77. The molecule has 25 heavy (non-hydrogen) atoms. The third kappa shape index (κ3) is 4.33. The number of carbonyl (C=O) groups is 1. The van der Waals surface area contributed by atoms with Crippen LogP contribution < -0.4 is 5.32 Å². The second kappa shape index (κ2) is 8.07. The summed E-state index contributed by atoms with van der Waals surface area (Å²) in [5, 5.41) is 9.52. The van der Waals surface area contributed by atoms with Crippen LogP contribution in [-0.2, 0) is 13.0 Å². The molecule has 0 spiro atoms. The van der Waals surface area contributed by atoms with Crippen molar-refractivity contribution >= 4 is 22.4 Å². The zero-order chi connectivity index (χ0) is 17.6. The highest BCUT2D eigenvalue weighted by Crippen LogP contribution is 2.25. The van der Waals surface area contributed by atoms with Crippen LogP contribution in [-0.4, -0.2) is 20.7 Å². The van der Waals surface area contributed by atoms with Gasteiger partial charge in [-0.15, -0.1) is 11.3 Å². The Labute approximate surface area is 151 Å². The van der Waals surface area contributed by atoms with Crippen molar-refractivity contribution in [1.82, 2.24) is 14.8 Å². The van der Waals surface area contributed by atoms with E-state index in [1.807, 2.05) is 12.3 Å². The molecule has 1 N–H and O–H groups in total. The van der Waals surface area contributed by atoms with Crippen molar-refractivity contribution in [2.45, 2.75) is 39.7 Å². The van der Waals surface area contributed by atoms with Gasteiger partial charge in [-0.2, -0.15) is 5.10 Å². The minimum atomic E-state index is -0.185. The van der Waals surface area contributed by atoms with Gasteiger partial charge in [0.05, 0.1) is 17.5 Å². The Morgan fingerprint density at radius 1 is 1.24 bits per heavy atom. The quantitative estimate of drug-likeness (QED) is 0.673. The van der Waals surface area contributed by atoms with E-state index in [0.717, 1.165) is 24.2 Å². The van der Waals surface area contributed by atoms with Gasteiger partial charge >= 0.3 is 0 Å². The van der Waals surface area contributed by atoms with Gasteiger partial charge < -0.3 is 0 Å². The Kier molecular flexibility index (Phi) is 5.60. The van der Waals surface area contributed by atoms with Crippen LogP contribution in [0.1, 0.15) is 42.6 Å². The maximum Gasteiger partial charge on any atom is 0.260 e. The maximum atomic E-state index is 12.2. The summed E-state index contributed by atoms with van der Waals surface area (Å²) in [5.74, 6) is -0.185. The lowest BCUT2D eigenvalue weighted by Crippen LogP contribution is -2.10. The molecule has 2 aromatic heterocycles. The van der Waals surface area contributed by atoms with E-state index in [9.17, 15) is 4.79 Å². The number of aryl methyl sites for hydroxylation is 2. The van der Waals surface area contributed by atoms with Crippen molar-refractivity contribution in [2.24, 2.45) is 0 Å². The fourth-order valence-corrected chi connectivity index (χ4v) is 3.22. The highest BCUT2D eigenvalue weighted by molar-refractivity contribution is 7.14. The minimum absolute atomic E-state index is 0.185. The minimum Gasteiger partial charge on any atom is -0.298 e. The van der Waals surface area contributed by atoms with Gasteiger partial charge in [0.1, 0.15) is 0 Å². The molecule has 6 heteroatoms. The molecule has 1 aromatic carbocycles. The monoisotopic (exact) mass is 354 g/mol. The molecule has 0 atom stereocenters. The lowest BCUT2D eigenvalue weighted by atomic mass is 10.1. The summed E-state index contributed by atoms with van der Waals surface area (Å²) in [6.07, 6.45) is 6.83. The first-order valence-corrected chi connectivity index (χ1v) is 9.46. The SMILES string of the molecule is CCCCc1ccc(-c2csc(NC(=O)c3cnn(CC)c3)n2)cc1. The summed E-state index contributed by atoms with van der Waals surface area (Å²) in [5.41, 5.74) is 3.84. The van der Waals surface area contributed by atoms with Crippen molar-refractivity contribution in [3.05, 3.63) is 53.2 Å². The number of nitrogens with zero attached hydrogens (tertiary/aromatic N) is 3. The molecule has 0 aliphatic heterocycles. The van der Waals surface area contributed by atoms with Crippen LogP contribution in [0.2, 0.25) is 0 Å². The van der Waals surface area contributed by atoms with E-state index >= 15 is 0 Å². The first-order chi connectivity index (χ1) is 12.2. The number of unbranched alkanes of at least 4 members (excludes halogenated alkanes) is 1. The molecule has 130 valence electrons. The second-order valence-corrected chi connectivity index (χ2v) is 6.74. The lowest BCUT2D eigenvalue weighted by molar-refractivity contribution is 0.102. The molecular formula is C19H22N4OS. The molecule has 1 amide bonds. The molecule has 3 rings (SSSR count). The van der Waals surface area contributed by atoms with Crippen molar-refractivity contribution < 1.29 is 4.79 Å². The zero-order valence-electron chi connectivity index (χ0n) is 14.5. The highest BCUT2D eigenvalue weighted by Gasteiger charge is 2.11. The van der Waals surface area contributed by atoms with Gasteiger partial charge in [0.15, 0.2) is 5.13 Å². The molecule has 0 bridgehead atoms. The molecular weight excluding hydrogens is 332 g/mol. The lowest BCUT2D eigenvalue weighted by Gasteiger charge is -2.02. The van der Waals surface area contributed by atoms with Gasteiger partial charge in [-0.05, 0) is 25.3 Å². The maximum absolute atomic E-state index is 12.2. The predicted molar refractivity (Wildman–Crippen MR) is 102 cm³/mol. The van der Waals surface area contributed by atoms with E-state index in [4.69, 9.17) is 0 Å². The summed E-state index contributed by atoms with van der Waals surface area (Å²) < 4.78 is 1.72. The van der Waals surface area contributed by atoms with Crippen molar-refractivity contribution in [1.29, 1.82) is 0 Å². The summed E-state index contributed by atoms with van der Waals surface area (Å²) in [6, 6.07) is 8.50. The number of benzene rings is 1. The first-order valence-electron chi connectivity index (χ1n) is 8.58. The van der Waals surface area contributed by atoms with Crippen LogP contribution in [0.3, 0.4) is 0 Å². The van der Waals surface area contributed by atoms with E-state index < -0.39 is 0 Å². The molecule has 2 heterocycles. The number of rotatable bonds is 7. The van der Waals surface area contributed by atoms with Crippen LogP contribution >= 0.6 is 11.3 Å². The molecule has 0 aliphatic rings. The van der Waals surface area contributed by atoms with E-state index in [0.29, 0.717) is 10.7 Å². The molecule has 3 aromatic rings. The van der Waals surface area contributed by atoms with Crippen LogP contribution in [0, 0.1) is 0 Å². The number of amides is 1. The standard InChI is InChI=1S/C19H22N4OS/c1-3-5-6-14-7-9-15(10-8-14)17-13-25-19(21-17)22-18(24)16-11-20-23(4-2)12-16/h7-13H,3-6H2,1-2H3,(H,21,22,24). The average molecular weight is 354 g/mol. The van der Waals surface area contributed by atoms with E-state index in [2.05, 4.69) is 46.6 Å². The van der Waals surface area contributed by atoms with Gasteiger partial charge in [-0.3, -0.25) is 14.8 Å². The van der Waals surface area contributed by atoms with Gasteiger partial charge in [-0.1, -0.05) is 37.6 Å². The van der Waals surface area contributed by atoms with Crippen LogP contribution in [0.15, 0.2) is 42.0 Å². The molecule has 5 nitrogen and oxygen atoms in total. The number of aromatic nitrogens is 3. The van der Waals surface area contributed by atoms with Crippen LogP contribution in [0.5, 0.6) is 0 Å². The fourth-order valence-electron chi connectivity index (χ4n) is 2.51. The van der Waals surface area contributed by atoms with E-state index in [1.54, 1.807) is 17.1 Å². The molecule has 0 aliphatic carbocycles. The van der Waals surface area contributed by atoms with E-state index in [1.165, 1.54) is 29.7 Å². The van der Waals surface area contributed by atoms with Gasteiger partial charge in [0, 0.05) is 23.7 Å². The third-order valence-electron chi connectivity index (χ3n) is 4.01. The topological polar surface area (TPSA) is 59.8 Å². The summed E-state index contributed by atoms with van der Waals surface area (Å²) in [4.78, 5) is 16.8. The Bertz CT molecular complexity index is 835. The number of thiazole rings is 1. The highest BCUT2D eigenvalue weighted by atomic mass is 32.1. The number of anilines is 1. The molecule has 0 unspecified atom stereocenters. The fraction of sp³-hybridized carbons (Fsp3) is 0.316. The molecule has 0 radical (unpaired) electrons. The number of hydrogen-bond acceptors (Lipinski definition) is 4. The zero-order valence-corrected chi connectivity index (χ0v) is 15.3. The van der Waals surface area contributed by atoms with Crippen molar-refractivity contribution in [2.75, 3.05) is 5.32 Å². The smallest absolute Gasteiger partial charge is 0.260 e. The first kappa shape index (κ1) is 17.4. The van der Waals surface area contributed by atoms with Gasteiger partial charge in [0.25, 0.3) is 5.91 Å². The van der Waals surface area contributed by atoms with Crippen LogP contribution in [0.25, 0.3) is 11.3 Å². The Morgan fingerprint density at radius 2 is 2.04 bits per heavy atom. The normalized spacial score (nSPS) is 10.8. The molecule has 0 fully saturated rings. The second-order valence-electron chi connectivity index (χ2n) is 5.88. The molecule has 0 saturated heterocycles. The van der Waals surface area contributed by atoms with Gasteiger partial charge in [0.2, 0.25) is 0 Å². The Balaban J connectivity index is 1.66. The summed E-state index contributed by atoms with van der Waals surface area (Å²) >= 11 is 1.43. The number of carbonyl (C=O) groups excluding carboxylic acids is 1. The molecule has 0 saturated carbocycles. The average Bonchev–Trinajstić information content (AvgIpc) is 3.30. The van der Waals surface area contributed by atoms with Crippen molar-refractivity contribution in [3.63, 3.8) is 0 Å². The van der Waals surface area contributed by atoms with Crippen molar-refractivity contribution in [3.8, 4) is 11.3 Å². The summed E-state index contributed by atoms with van der Waals surface area (Å²) in [6.45, 7) is 4.92. The van der Waals surface area contributed by atoms with E-state index in [-0.39, 0.29) is 5.91 Å².